The van der Waals surface area contributed by atoms with Crippen molar-refractivity contribution in [1.82, 2.24) is 4.72 Å². The second kappa shape index (κ2) is 8.34. The van der Waals surface area contributed by atoms with Gasteiger partial charge < -0.3 is 0 Å². The van der Waals surface area contributed by atoms with Gasteiger partial charge in [-0.1, -0.05) is 44.7 Å². The van der Waals surface area contributed by atoms with E-state index in [9.17, 15) is 12.8 Å². The van der Waals surface area contributed by atoms with Gasteiger partial charge in [0.1, 0.15) is 10.7 Å². The van der Waals surface area contributed by atoms with Crippen LogP contribution in [0.5, 0.6) is 0 Å². The minimum absolute atomic E-state index is 0.309. The van der Waals surface area contributed by atoms with Crippen LogP contribution >= 0.6 is 31.9 Å². The van der Waals surface area contributed by atoms with Gasteiger partial charge >= 0.3 is 0 Å². The van der Waals surface area contributed by atoms with Gasteiger partial charge in [0.15, 0.2) is 0 Å². The van der Waals surface area contributed by atoms with E-state index in [1.807, 2.05) is 0 Å². The van der Waals surface area contributed by atoms with Crippen molar-refractivity contribution >= 4 is 41.9 Å². The molecule has 0 atom stereocenters. The average Bonchev–Trinajstić information content (AvgIpc) is 2.33. The topological polar surface area (TPSA) is 46.2 Å². The fraction of sp³-hybridized carbons (Fsp3) is 0.500. The summed E-state index contributed by atoms with van der Waals surface area (Å²) in [6.45, 7) is 0.333. The molecule has 0 aliphatic heterocycles. The Kier molecular flexibility index (Phi) is 7.49. The van der Waals surface area contributed by atoms with Crippen LogP contribution in [0, 0.1) is 5.82 Å². The Morgan fingerprint density at radius 2 is 1.84 bits per heavy atom. The Bertz CT molecular complexity index is 508. The van der Waals surface area contributed by atoms with Crippen molar-refractivity contribution in [1.29, 1.82) is 0 Å². The molecule has 0 aromatic heterocycles. The molecule has 0 unspecified atom stereocenters. The maximum absolute atomic E-state index is 13.6. The van der Waals surface area contributed by atoms with Crippen molar-refractivity contribution in [3.05, 3.63) is 28.5 Å². The first-order chi connectivity index (χ1) is 8.97. The third-order valence-corrected chi connectivity index (χ3v) is 5.08. The molecule has 1 N–H and O–H groups in total. The first kappa shape index (κ1) is 17.1. The molecule has 0 saturated heterocycles. The average molecular weight is 417 g/mol. The largest absolute Gasteiger partial charge is 0.243 e. The van der Waals surface area contributed by atoms with E-state index in [4.69, 9.17) is 0 Å². The summed E-state index contributed by atoms with van der Waals surface area (Å²) in [6.07, 6.45) is 3.84. The summed E-state index contributed by atoms with van der Waals surface area (Å²) in [7, 11) is -3.76. The molecule has 0 fully saturated rings. The smallest absolute Gasteiger partial charge is 0.211 e. The lowest BCUT2D eigenvalue weighted by Crippen LogP contribution is -2.25. The van der Waals surface area contributed by atoms with Gasteiger partial charge in [0.05, 0.1) is 0 Å². The van der Waals surface area contributed by atoms with Crippen LogP contribution in [0.1, 0.15) is 25.7 Å². The minimum Gasteiger partial charge on any atom is -0.211 e. The summed E-state index contributed by atoms with van der Waals surface area (Å²) < 4.78 is 40.3. The van der Waals surface area contributed by atoms with Crippen molar-refractivity contribution in [3.8, 4) is 0 Å². The third-order valence-electron chi connectivity index (χ3n) is 2.54. The van der Waals surface area contributed by atoms with Crippen LogP contribution < -0.4 is 4.72 Å². The summed E-state index contributed by atoms with van der Waals surface area (Å²) in [4.78, 5) is -0.309. The molecule has 1 aromatic rings. The number of benzene rings is 1. The molecule has 0 aliphatic carbocycles. The Morgan fingerprint density at radius 3 is 2.47 bits per heavy atom. The van der Waals surface area contributed by atoms with E-state index in [1.54, 1.807) is 0 Å². The number of hydrogen-bond acceptors (Lipinski definition) is 2. The van der Waals surface area contributed by atoms with E-state index in [-0.39, 0.29) is 4.90 Å². The van der Waals surface area contributed by atoms with Crippen molar-refractivity contribution in [2.24, 2.45) is 0 Å². The Balaban J connectivity index is 2.52. The van der Waals surface area contributed by atoms with Gasteiger partial charge in [0.2, 0.25) is 10.0 Å². The van der Waals surface area contributed by atoms with Crippen molar-refractivity contribution in [3.63, 3.8) is 0 Å². The quantitative estimate of drug-likeness (QED) is 0.517. The lowest BCUT2D eigenvalue weighted by Gasteiger charge is -2.07. The first-order valence-corrected chi connectivity index (χ1v) is 9.38. The molecule has 0 radical (unpaired) electrons. The highest BCUT2D eigenvalue weighted by Gasteiger charge is 2.18. The summed E-state index contributed by atoms with van der Waals surface area (Å²) in [6, 6.07) is 3.91. The number of hydrogen-bond donors (Lipinski definition) is 1. The normalized spacial score (nSPS) is 11.7. The fourth-order valence-electron chi connectivity index (χ4n) is 1.55. The zero-order valence-corrected chi connectivity index (χ0v) is 14.3. The molecule has 1 rings (SSSR count). The summed E-state index contributed by atoms with van der Waals surface area (Å²) in [5.74, 6) is -0.749. The van der Waals surface area contributed by atoms with Crippen LogP contribution in [-0.2, 0) is 10.0 Å². The molecule has 19 heavy (non-hydrogen) atoms. The van der Waals surface area contributed by atoms with Crippen LogP contribution in [0.3, 0.4) is 0 Å². The Labute approximate surface area is 130 Å². The first-order valence-electron chi connectivity index (χ1n) is 5.98. The molecule has 0 aliphatic rings. The summed E-state index contributed by atoms with van der Waals surface area (Å²) in [5, 5.41) is 0.961. The molecule has 0 spiro atoms. The van der Waals surface area contributed by atoms with E-state index >= 15 is 0 Å². The van der Waals surface area contributed by atoms with Crippen molar-refractivity contribution in [2.75, 3.05) is 11.9 Å². The minimum atomic E-state index is -3.76. The summed E-state index contributed by atoms with van der Waals surface area (Å²) in [5.41, 5.74) is 0. The molecular formula is C12H16Br2FNO2S. The van der Waals surface area contributed by atoms with Crippen molar-refractivity contribution < 1.29 is 12.8 Å². The van der Waals surface area contributed by atoms with Gasteiger partial charge in [-0.15, -0.1) is 0 Å². The molecule has 1 aromatic carbocycles. The number of unbranched alkanes of at least 4 members (excludes halogenated alkanes) is 3. The van der Waals surface area contributed by atoms with Crippen LogP contribution in [-0.4, -0.2) is 20.3 Å². The lowest BCUT2D eigenvalue weighted by atomic mass is 10.2. The maximum atomic E-state index is 13.6. The van der Waals surface area contributed by atoms with Crippen LogP contribution in [0.15, 0.2) is 27.6 Å². The second-order valence-electron chi connectivity index (χ2n) is 4.08. The predicted molar refractivity (Wildman–Crippen MR) is 81.6 cm³/mol. The van der Waals surface area contributed by atoms with Gasteiger partial charge in [-0.05, 0) is 31.0 Å². The van der Waals surface area contributed by atoms with Crippen molar-refractivity contribution in [2.45, 2.75) is 30.6 Å². The number of rotatable bonds is 8. The molecule has 7 heteroatoms. The Morgan fingerprint density at radius 1 is 1.16 bits per heavy atom. The van der Waals surface area contributed by atoms with Crippen LogP contribution in [0.25, 0.3) is 0 Å². The number of sulfonamides is 1. The van der Waals surface area contributed by atoms with E-state index < -0.39 is 15.8 Å². The molecule has 108 valence electrons. The van der Waals surface area contributed by atoms with Gasteiger partial charge in [0, 0.05) is 16.3 Å². The monoisotopic (exact) mass is 415 g/mol. The van der Waals surface area contributed by atoms with E-state index in [0.29, 0.717) is 11.0 Å². The number of halogens is 3. The fourth-order valence-corrected chi connectivity index (χ4v) is 3.41. The van der Waals surface area contributed by atoms with Gasteiger partial charge in [-0.3, -0.25) is 0 Å². The van der Waals surface area contributed by atoms with Gasteiger partial charge in [0.25, 0.3) is 0 Å². The standard InChI is InChI=1S/C12H16Br2FNO2S/c13-7-3-1-2-4-8-16-19(17,18)12-6-5-10(14)9-11(12)15/h5-6,9,16H,1-4,7-8H2. The molecule has 0 amide bonds. The predicted octanol–water partition coefficient (Wildman–Crippen LogP) is 3.82. The maximum Gasteiger partial charge on any atom is 0.243 e. The lowest BCUT2D eigenvalue weighted by molar-refractivity contribution is 0.552. The van der Waals surface area contributed by atoms with E-state index in [2.05, 4.69) is 36.6 Å². The molecule has 0 saturated carbocycles. The van der Waals surface area contributed by atoms with Gasteiger partial charge in [-0.25, -0.2) is 17.5 Å². The summed E-state index contributed by atoms with van der Waals surface area (Å²) >= 11 is 6.43. The zero-order valence-electron chi connectivity index (χ0n) is 10.3. The SMILES string of the molecule is O=S(=O)(NCCCCCCBr)c1ccc(Br)cc1F. The highest BCUT2D eigenvalue weighted by molar-refractivity contribution is 9.10. The Hall–Kier alpha value is 0.0200. The van der Waals surface area contributed by atoms with E-state index in [0.717, 1.165) is 37.1 Å². The third kappa shape index (κ3) is 5.89. The molecule has 0 heterocycles. The molecule has 3 nitrogen and oxygen atoms in total. The highest BCUT2D eigenvalue weighted by Crippen LogP contribution is 2.19. The van der Waals surface area contributed by atoms with Gasteiger partial charge in [-0.2, -0.15) is 0 Å². The number of nitrogens with one attached hydrogen (secondary N) is 1. The molecule has 0 bridgehead atoms. The van der Waals surface area contributed by atoms with Crippen LogP contribution in [0.2, 0.25) is 0 Å². The zero-order chi connectivity index (χ0) is 14.3. The van der Waals surface area contributed by atoms with E-state index in [1.165, 1.54) is 12.1 Å². The van der Waals surface area contributed by atoms with Crippen LogP contribution in [0.4, 0.5) is 4.39 Å². The highest BCUT2D eigenvalue weighted by atomic mass is 79.9. The number of alkyl halides is 1. The second-order valence-corrected chi connectivity index (χ2v) is 7.52. The molecular weight excluding hydrogens is 401 g/mol.